The molecule has 5 heteroatoms. The largest absolute Gasteiger partial charge is 0.497 e. The maximum atomic E-state index is 7.62. The molecular formula is C18H18N4O. The van der Waals surface area contributed by atoms with E-state index < -0.39 is 0 Å². The summed E-state index contributed by atoms with van der Waals surface area (Å²) < 4.78 is 5.26. The molecule has 0 saturated carbocycles. The number of hydrogen-bond acceptors (Lipinski definition) is 4. The summed E-state index contributed by atoms with van der Waals surface area (Å²) in [4.78, 5) is 4.54. The van der Waals surface area contributed by atoms with Gasteiger partial charge in [0.2, 0.25) is 0 Å². The molecule has 0 aliphatic carbocycles. The summed E-state index contributed by atoms with van der Waals surface area (Å²) >= 11 is 0. The van der Waals surface area contributed by atoms with Crippen LogP contribution in [0.25, 0.3) is 10.9 Å². The molecule has 0 spiro atoms. The molecule has 2 aromatic carbocycles. The lowest BCUT2D eigenvalue weighted by Gasteiger charge is -2.12. The third kappa shape index (κ3) is 3.08. The summed E-state index contributed by atoms with van der Waals surface area (Å²) in [6.45, 7) is 1.95. The first kappa shape index (κ1) is 14.8. The van der Waals surface area contributed by atoms with E-state index in [1.165, 1.54) is 0 Å². The molecule has 0 saturated heterocycles. The highest BCUT2D eigenvalue weighted by atomic mass is 16.5. The fourth-order valence-electron chi connectivity index (χ4n) is 2.49. The number of nitrogens with one attached hydrogen (secondary N) is 2. The van der Waals surface area contributed by atoms with Crippen molar-refractivity contribution in [1.29, 1.82) is 5.41 Å². The number of anilines is 2. The van der Waals surface area contributed by atoms with Gasteiger partial charge in [0.15, 0.2) is 0 Å². The van der Waals surface area contributed by atoms with Gasteiger partial charge in [-0.2, -0.15) is 0 Å². The van der Waals surface area contributed by atoms with E-state index in [1.54, 1.807) is 7.11 Å². The summed E-state index contributed by atoms with van der Waals surface area (Å²) in [7, 11) is 1.64. The number of amidine groups is 1. The van der Waals surface area contributed by atoms with Crippen molar-refractivity contribution in [1.82, 2.24) is 4.98 Å². The Bertz CT molecular complexity index is 889. The van der Waals surface area contributed by atoms with Crippen LogP contribution in [0.15, 0.2) is 48.5 Å². The van der Waals surface area contributed by atoms with Gasteiger partial charge in [-0.15, -0.1) is 0 Å². The van der Waals surface area contributed by atoms with Crippen molar-refractivity contribution in [2.24, 2.45) is 5.73 Å². The van der Waals surface area contributed by atoms with Gasteiger partial charge in [-0.05, 0) is 43.3 Å². The highest BCUT2D eigenvalue weighted by Gasteiger charge is 2.07. The van der Waals surface area contributed by atoms with Gasteiger partial charge in [-0.25, -0.2) is 0 Å². The highest BCUT2D eigenvalue weighted by Crippen LogP contribution is 2.28. The van der Waals surface area contributed by atoms with Gasteiger partial charge in [0.1, 0.15) is 11.6 Å². The molecule has 0 aliphatic rings. The molecule has 0 aliphatic heterocycles. The Morgan fingerprint density at radius 3 is 2.74 bits per heavy atom. The lowest BCUT2D eigenvalue weighted by Crippen LogP contribution is -2.10. The minimum absolute atomic E-state index is 0.0415. The molecule has 116 valence electrons. The third-order valence-corrected chi connectivity index (χ3v) is 3.60. The van der Waals surface area contributed by atoms with Gasteiger partial charge >= 0.3 is 0 Å². The number of pyridine rings is 1. The van der Waals surface area contributed by atoms with Crippen molar-refractivity contribution >= 4 is 28.1 Å². The van der Waals surface area contributed by atoms with Crippen LogP contribution in [0, 0.1) is 12.3 Å². The number of hydrogen-bond donors (Lipinski definition) is 3. The van der Waals surface area contributed by atoms with Crippen LogP contribution in [0.3, 0.4) is 0 Å². The first-order chi connectivity index (χ1) is 11.1. The average Bonchev–Trinajstić information content (AvgIpc) is 2.54. The minimum Gasteiger partial charge on any atom is -0.497 e. The van der Waals surface area contributed by atoms with Crippen LogP contribution < -0.4 is 15.8 Å². The van der Waals surface area contributed by atoms with Gasteiger partial charge in [0.05, 0.1) is 12.6 Å². The summed E-state index contributed by atoms with van der Waals surface area (Å²) in [5.74, 6) is 0.828. The van der Waals surface area contributed by atoms with E-state index in [1.807, 2.05) is 55.5 Å². The normalized spacial score (nSPS) is 10.5. The molecule has 0 atom stereocenters. The van der Waals surface area contributed by atoms with Crippen LogP contribution in [0.5, 0.6) is 5.75 Å². The predicted octanol–water partition coefficient (Wildman–Crippen LogP) is 3.58. The van der Waals surface area contributed by atoms with Crippen molar-refractivity contribution in [3.8, 4) is 5.75 Å². The maximum Gasteiger partial charge on any atom is 0.122 e. The number of nitrogens with two attached hydrogens (primary N) is 1. The van der Waals surface area contributed by atoms with Crippen molar-refractivity contribution in [2.45, 2.75) is 6.92 Å². The molecule has 23 heavy (non-hydrogen) atoms. The number of methoxy groups -OCH3 is 1. The summed E-state index contributed by atoms with van der Waals surface area (Å²) in [6, 6.07) is 15.3. The molecule has 0 bridgehead atoms. The van der Waals surface area contributed by atoms with Crippen molar-refractivity contribution in [3.63, 3.8) is 0 Å². The molecule has 0 fully saturated rings. The van der Waals surface area contributed by atoms with Gasteiger partial charge in [-0.1, -0.05) is 6.07 Å². The van der Waals surface area contributed by atoms with E-state index in [0.717, 1.165) is 33.7 Å². The van der Waals surface area contributed by atoms with Crippen LogP contribution in [0.4, 0.5) is 11.4 Å². The van der Waals surface area contributed by atoms with Gasteiger partial charge in [0.25, 0.3) is 0 Å². The Balaban J connectivity index is 2.10. The van der Waals surface area contributed by atoms with Crippen LogP contribution in [0.1, 0.15) is 11.3 Å². The fourth-order valence-corrected chi connectivity index (χ4v) is 2.49. The zero-order valence-corrected chi connectivity index (χ0v) is 13.1. The second kappa shape index (κ2) is 5.96. The number of nitrogens with zero attached hydrogens (tertiary/aromatic N) is 1. The number of benzene rings is 2. The molecule has 5 nitrogen and oxygen atoms in total. The Morgan fingerprint density at radius 2 is 2.00 bits per heavy atom. The molecular weight excluding hydrogens is 288 g/mol. The van der Waals surface area contributed by atoms with E-state index in [-0.39, 0.29) is 5.84 Å². The van der Waals surface area contributed by atoms with Gasteiger partial charge in [-0.3, -0.25) is 10.4 Å². The summed E-state index contributed by atoms with van der Waals surface area (Å²) in [6.07, 6.45) is 0. The number of ether oxygens (including phenoxy) is 1. The smallest absolute Gasteiger partial charge is 0.122 e. The highest BCUT2D eigenvalue weighted by molar-refractivity contribution is 6.02. The monoisotopic (exact) mass is 306 g/mol. The second-order valence-corrected chi connectivity index (χ2v) is 5.31. The molecule has 3 aromatic rings. The van der Waals surface area contributed by atoms with E-state index in [9.17, 15) is 0 Å². The minimum atomic E-state index is 0.0415. The summed E-state index contributed by atoms with van der Waals surface area (Å²) in [5.41, 5.74) is 9.90. The topological polar surface area (TPSA) is 84.0 Å². The Labute approximate surface area is 134 Å². The van der Waals surface area contributed by atoms with Gasteiger partial charge in [0, 0.05) is 34.1 Å². The lowest BCUT2D eigenvalue weighted by atomic mass is 10.1. The van der Waals surface area contributed by atoms with E-state index in [0.29, 0.717) is 5.56 Å². The summed E-state index contributed by atoms with van der Waals surface area (Å²) in [5, 5.41) is 11.9. The standard InChI is InChI=1S/C18H18N4O/c1-11-8-17(22-13-4-3-5-14(10-13)23-2)15-9-12(18(19)20)6-7-16(15)21-11/h3-10H,1-2H3,(H3,19,20)(H,21,22). The molecule has 0 unspecified atom stereocenters. The zero-order valence-electron chi connectivity index (χ0n) is 13.1. The molecule has 1 aromatic heterocycles. The SMILES string of the molecule is COc1cccc(Nc2cc(C)nc3ccc(C(=N)N)cc23)c1. The number of aryl methyl sites for hydroxylation is 1. The molecule has 0 radical (unpaired) electrons. The lowest BCUT2D eigenvalue weighted by molar-refractivity contribution is 0.415. The maximum absolute atomic E-state index is 7.62. The number of rotatable bonds is 4. The quantitative estimate of drug-likeness (QED) is 0.508. The molecule has 4 N–H and O–H groups in total. The Kier molecular flexibility index (Phi) is 3.85. The average molecular weight is 306 g/mol. The van der Waals surface area contributed by atoms with Crippen molar-refractivity contribution in [3.05, 3.63) is 59.8 Å². The second-order valence-electron chi connectivity index (χ2n) is 5.31. The van der Waals surface area contributed by atoms with Crippen LogP contribution in [0.2, 0.25) is 0 Å². The number of nitrogen functional groups attached to an aromatic ring is 1. The number of aromatic nitrogens is 1. The van der Waals surface area contributed by atoms with Crippen molar-refractivity contribution in [2.75, 3.05) is 12.4 Å². The first-order valence-corrected chi connectivity index (χ1v) is 7.24. The fraction of sp³-hybridized carbons (Fsp3) is 0.111. The Morgan fingerprint density at radius 1 is 1.17 bits per heavy atom. The zero-order chi connectivity index (χ0) is 16.4. The van der Waals surface area contributed by atoms with Crippen LogP contribution in [-0.4, -0.2) is 17.9 Å². The van der Waals surface area contributed by atoms with E-state index in [2.05, 4.69) is 10.3 Å². The third-order valence-electron chi connectivity index (χ3n) is 3.60. The molecule has 3 rings (SSSR count). The molecule has 1 heterocycles. The van der Waals surface area contributed by atoms with Gasteiger partial charge < -0.3 is 15.8 Å². The van der Waals surface area contributed by atoms with E-state index in [4.69, 9.17) is 15.9 Å². The molecule has 0 amide bonds. The van der Waals surface area contributed by atoms with Crippen LogP contribution in [-0.2, 0) is 0 Å². The Hall–Kier alpha value is -3.08. The van der Waals surface area contributed by atoms with Crippen molar-refractivity contribution < 1.29 is 4.74 Å². The number of fused-ring (bicyclic) bond motifs is 1. The van der Waals surface area contributed by atoms with Crippen LogP contribution >= 0.6 is 0 Å². The van der Waals surface area contributed by atoms with E-state index >= 15 is 0 Å². The predicted molar refractivity (Wildman–Crippen MR) is 93.8 cm³/mol. The first-order valence-electron chi connectivity index (χ1n) is 7.24.